The lowest BCUT2D eigenvalue weighted by atomic mass is 10.1. The van der Waals surface area contributed by atoms with Gasteiger partial charge in [-0.1, -0.05) is 87.1 Å². The van der Waals surface area contributed by atoms with Gasteiger partial charge in [-0.3, -0.25) is 4.79 Å². The Bertz CT molecular complexity index is 1140. The summed E-state index contributed by atoms with van der Waals surface area (Å²) in [7, 11) is 0. The van der Waals surface area contributed by atoms with Gasteiger partial charge >= 0.3 is 6.18 Å². The Hall–Kier alpha value is -3.67. The lowest BCUT2D eigenvalue weighted by molar-refractivity contribution is -0.137. The molecular weight excluding hydrogens is 497 g/mol. The van der Waals surface area contributed by atoms with Gasteiger partial charge in [-0.05, 0) is 64.8 Å². The fraction of sp³-hybridized carbons (Fsp3) is 0.333. The Morgan fingerprint density at radius 2 is 1.64 bits per heavy atom. The first-order valence-corrected chi connectivity index (χ1v) is 13.3. The minimum Gasteiger partial charge on any atom is -0.303 e. The lowest BCUT2D eigenvalue weighted by Gasteiger charge is -2.13. The van der Waals surface area contributed by atoms with Crippen LogP contribution in [0.25, 0.3) is 0 Å². The predicted molar refractivity (Wildman–Crippen MR) is 162 cm³/mol. The second kappa shape index (κ2) is 19.4. The van der Waals surface area contributed by atoms with Gasteiger partial charge in [0.05, 0.1) is 16.9 Å². The Morgan fingerprint density at radius 1 is 1.00 bits per heavy atom. The minimum absolute atomic E-state index is 0.0865. The number of halogens is 3. The highest BCUT2D eigenvalue weighted by Crippen LogP contribution is 2.33. The van der Waals surface area contributed by atoms with E-state index in [4.69, 9.17) is 0 Å². The van der Waals surface area contributed by atoms with Gasteiger partial charge in [0.25, 0.3) is 5.91 Å². The van der Waals surface area contributed by atoms with Crippen molar-refractivity contribution in [2.24, 2.45) is 4.99 Å². The van der Waals surface area contributed by atoms with Gasteiger partial charge in [-0.15, -0.1) is 6.58 Å². The van der Waals surface area contributed by atoms with Gasteiger partial charge in [0.1, 0.15) is 5.71 Å². The van der Waals surface area contributed by atoms with Crippen LogP contribution in [0, 0.1) is 0 Å². The molecule has 0 bridgehead atoms. The van der Waals surface area contributed by atoms with E-state index in [1.807, 2.05) is 27.7 Å². The Labute approximate surface area is 233 Å². The number of benzene rings is 2. The van der Waals surface area contributed by atoms with E-state index in [0.717, 1.165) is 25.0 Å². The fourth-order valence-electron chi connectivity index (χ4n) is 3.22. The smallest absolute Gasteiger partial charge is 0.303 e. The number of fused-ring (bicyclic) bond motifs is 1. The first-order chi connectivity index (χ1) is 18.6. The summed E-state index contributed by atoms with van der Waals surface area (Å²) >= 11 is 0. The van der Waals surface area contributed by atoms with Crippen molar-refractivity contribution in [1.82, 2.24) is 0 Å². The van der Waals surface area contributed by atoms with E-state index in [2.05, 4.69) is 62.7 Å². The summed E-state index contributed by atoms with van der Waals surface area (Å²) in [4.78, 5) is 18.2. The molecular formula is C33H43F3N2O. The number of carbonyl (C=O) groups is 1. The quantitative estimate of drug-likeness (QED) is 0.336. The number of anilines is 1. The van der Waals surface area contributed by atoms with Crippen molar-refractivity contribution in [3.63, 3.8) is 0 Å². The molecule has 0 aliphatic carbocycles. The molecule has 1 amide bonds. The second-order valence-corrected chi connectivity index (χ2v) is 8.12. The fourth-order valence-corrected chi connectivity index (χ4v) is 3.22. The number of amides is 1. The third-order valence-corrected chi connectivity index (χ3v) is 5.26. The molecule has 0 atom stereocenters. The maximum absolute atomic E-state index is 12.8. The molecule has 3 rings (SSSR count). The summed E-state index contributed by atoms with van der Waals surface area (Å²) in [6.45, 7) is 18.3. The van der Waals surface area contributed by atoms with Crippen LogP contribution in [0.5, 0.6) is 0 Å². The van der Waals surface area contributed by atoms with E-state index in [1.54, 1.807) is 30.3 Å². The zero-order chi connectivity index (χ0) is 29.8. The number of hydrogen-bond acceptors (Lipinski definition) is 2. The van der Waals surface area contributed by atoms with Gasteiger partial charge in [0, 0.05) is 12.1 Å². The van der Waals surface area contributed by atoms with Crippen molar-refractivity contribution in [3.05, 3.63) is 108 Å². The first-order valence-electron chi connectivity index (χ1n) is 13.3. The standard InChI is InChI=1S/C18H13F3N2O.C8H14.C5H10.C2H6/c1-2-10-23-15-9-4-3-8-14(15)16(17(23)24)22-13-7-5-6-12(11-13)18(19,20)21;1-4-6-7-8(3)5-2;1-3-5-4-2;1-2/h2-9,11H,1,10H2;4-6H,7H2,1-3H3;3,5H,4H2,1-2H3;1-2H3/b;6-4-,8-5+;5-3-;. The first kappa shape index (κ1) is 35.3. The summed E-state index contributed by atoms with van der Waals surface area (Å²) in [5.74, 6) is -0.353. The van der Waals surface area contributed by atoms with Gasteiger partial charge in [-0.25, -0.2) is 4.99 Å². The zero-order valence-corrected chi connectivity index (χ0v) is 24.3. The van der Waals surface area contributed by atoms with Crippen LogP contribution in [-0.4, -0.2) is 18.2 Å². The predicted octanol–water partition coefficient (Wildman–Crippen LogP) is 10.3. The number of hydrogen-bond donors (Lipinski definition) is 0. The molecule has 6 heteroatoms. The lowest BCUT2D eigenvalue weighted by Crippen LogP contribution is -2.30. The molecule has 1 aliphatic rings. The molecule has 39 heavy (non-hydrogen) atoms. The van der Waals surface area contributed by atoms with Crippen LogP contribution in [0.4, 0.5) is 24.5 Å². The number of rotatable bonds is 6. The largest absolute Gasteiger partial charge is 0.416 e. The highest BCUT2D eigenvalue weighted by molar-refractivity contribution is 6.54. The van der Waals surface area contributed by atoms with E-state index < -0.39 is 11.7 Å². The average molecular weight is 541 g/mol. The monoisotopic (exact) mass is 540 g/mol. The molecule has 0 N–H and O–H groups in total. The van der Waals surface area contributed by atoms with E-state index in [9.17, 15) is 18.0 Å². The summed E-state index contributed by atoms with van der Waals surface area (Å²) in [6.07, 6.45) is 9.95. The molecule has 3 nitrogen and oxygen atoms in total. The number of alkyl halides is 3. The maximum Gasteiger partial charge on any atom is 0.416 e. The molecule has 0 aromatic heterocycles. The van der Waals surface area contributed by atoms with Gasteiger partial charge in [-0.2, -0.15) is 13.2 Å². The molecule has 212 valence electrons. The van der Waals surface area contributed by atoms with E-state index in [-0.39, 0.29) is 17.3 Å². The molecule has 0 spiro atoms. The summed E-state index contributed by atoms with van der Waals surface area (Å²) in [6, 6.07) is 11.6. The SMILES string of the molecule is C/C=C\C/C(C)=C/C.C/C=C\CC.C=CCN1C(=O)C(=Nc2cccc(C(F)(F)F)c2)c2ccccc21.CC. The molecule has 0 radical (unpaired) electrons. The number of aliphatic imine (C=N–C) groups is 1. The van der Waals surface area contributed by atoms with E-state index >= 15 is 0 Å². The summed E-state index contributed by atoms with van der Waals surface area (Å²) in [5, 5.41) is 0. The van der Waals surface area contributed by atoms with Gasteiger partial charge < -0.3 is 4.90 Å². The van der Waals surface area contributed by atoms with Gasteiger partial charge in [0.2, 0.25) is 0 Å². The van der Waals surface area contributed by atoms with Crippen LogP contribution in [0.1, 0.15) is 72.4 Å². The molecule has 0 fully saturated rings. The van der Waals surface area contributed by atoms with Crippen LogP contribution < -0.4 is 4.90 Å². The number of nitrogens with zero attached hydrogens (tertiary/aromatic N) is 2. The number of para-hydroxylation sites is 1. The third kappa shape index (κ3) is 12.2. The normalized spacial score (nSPS) is 13.8. The number of allylic oxidation sites excluding steroid dienone is 6. The third-order valence-electron chi connectivity index (χ3n) is 5.26. The Kier molecular flexibility index (Phi) is 17.6. The Balaban J connectivity index is 0.000000799. The van der Waals surface area contributed by atoms with Crippen LogP contribution in [0.2, 0.25) is 0 Å². The second-order valence-electron chi connectivity index (χ2n) is 8.12. The molecule has 0 saturated heterocycles. The average Bonchev–Trinajstić information content (AvgIpc) is 3.20. The van der Waals surface area contributed by atoms with Crippen molar-refractivity contribution in [3.8, 4) is 0 Å². The van der Waals surface area contributed by atoms with Crippen molar-refractivity contribution < 1.29 is 18.0 Å². The zero-order valence-electron chi connectivity index (χ0n) is 24.3. The van der Waals surface area contributed by atoms with E-state index in [0.29, 0.717) is 17.8 Å². The van der Waals surface area contributed by atoms with Crippen molar-refractivity contribution in [2.45, 2.75) is 67.5 Å². The summed E-state index contributed by atoms with van der Waals surface area (Å²) in [5.41, 5.74) is 2.12. The van der Waals surface area contributed by atoms with Crippen molar-refractivity contribution >= 4 is 23.0 Å². The summed E-state index contributed by atoms with van der Waals surface area (Å²) < 4.78 is 38.5. The molecule has 1 heterocycles. The van der Waals surface area contributed by atoms with Crippen molar-refractivity contribution in [2.75, 3.05) is 11.4 Å². The molecule has 0 unspecified atom stereocenters. The van der Waals surface area contributed by atoms with E-state index in [1.165, 1.54) is 22.6 Å². The molecule has 2 aromatic carbocycles. The topological polar surface area (TPSA) is 32.7 Å². The molecule has 0 saturated carbocycles. The van der Waals surface area contributed by atoms with Crippen LogP contribution >= 0.6 is 0 Å². The minimum atomic E-state index is -4.46. The van der Waals surface area contributed by atoms with Crippen LogP contribution in [-0.2, 0) is 11.0 Å². The molecule has 2 aromatic rings. The Morgan fingerprint density at radius 3 is 2.15 bits per heavy atom. The highest BCUT2D eigenvalue weighted by atomic mass is 19.4. The maximum atomic E-state index is 12.8. The van der Waals surface area contributed by atoms with Crippen LogP contribution in [0.15, 0.2) is 102 Å². The highest BCUT2D eigenvalue weighted by Gasteiger charge is 2.33. The number of carbonyl (C=O) groups excluding carboxylic acids is 1. The van der Waals surface area contributed by atoms with Gasteiger partial charge in [0.15, 0.2) is 0 Å². The van der Waals surface area contributed by atoms with Crippen molar-refractivity contribution in [1.29, 1.82) is 0 Å². The van der Waals surface area contributed by atoms with Crippen LogP contribution in [0.3, 0.4) is 0 Å². The molecule has 1 aliphatic heterocycles.